The fourth-order valence-corrected chi connectivity index (χ4v) is 4.42. The number of hydrogen-bond acceptors (Lipinski definition) is 2. The molecule has 0 fully saturated rings. The van der Waals surface area contributed by atoms with Crippen LogP contribution in [0.25, 0.3) is 0 Å². The molecule has 0 radical (unpaired) electrons. The molecule has 20 heteroatoms. The largest absolute Gasteiger partial charge is 0.460 e. The van der Waals surface area contributed by atoms with Crippen LogP contribution in [-0.4, -0.2) is 56.0 Å². The summed E-state index contributed by atoms with van der Waals surface area (Å²) < 4.78 is 224. The second kappa shape index (κ2) is 9.11. The number of hydrogen-bond donors (Lipinski definition) is 2. The lowest BCUT2D eigenvalue weighted by molar-refractivity contribution is -0.461. The van der Waals surface area contributed by atoms with Gasteiger partial charge < -0.3 is 10.8 Å². The number of alkyl halides is 17. The van der Waals surface area contributed by atoms with Gasteiger partial charge in [-0.05, 0) is 12.1 Å². The van der Waals surface area contributed by atoms with Gasteiger partial charge >= 0.3 is 47.6 Å². The Morgan fingerprint density at radius 3 is 1.15 bits per heavy atom. The van der Waals surface area contributed by atoms with E-state index in [2.05, 4.69) is 0 Å². The van der Waals surface area contributed by atoms with Gasteiger partial charge in [0.2, 0.25) is 0 Å². The lowest BCUT2D eigenvalue weighted by Crippen LogP contribution is -2.74. The Labute approximate surface area is 181 Å². The van der Waals surface area contributed by atoms with Crippen molar-refractivity contribution in [3.05, 3.63) is 0 Å². The number of nitrogens with two attached hydrogens (primary N) is 2. The molecule has 0 aromatic rings. The zero-order valence-corrected chi connectivity index (χ0v) is 17.6. The summed E-state index contributed by atoms with van der Waals surface area (Å²) in [6.07, 6.45) is -9.89. The molecule has 0 aromatic carbocycles. The zero-order valence-electron chi connectivity index (χ0n) is 16.6. The van der Waals surface area contributed by atoms with Crippen LogP contribution in [0.2, 0.25) is 12.1 Å². The molecule has 0 aromatic heterocycles. The van der Waals surface area contributed by atoms with Crippen LogP contribution in [0.3, 0.4) is 0 Å². The lowest BCUT2D eigenvalue weighted by Gasteiger charge is -2.43. The maximum absolute atomic E-state index is 13.8. The second-order valence-electron chi connectivity index (χ2n) is 7.49. The minimum atomic E-state index is -8.62. The molecule has 4 N–H and O–H groups in total. The monoisotopic (exact) mass is 564 g/mol. The van der Waals surface area contributed by atoms with Gasteiger partial charge in [0.25, 0.3) is 0 Å². The molecule has 0 rings (SSSR count). The van der Waals surface area contributed by atoms with E-state index in [-0.39, 0.29) is 12.5 Å². The van der Waals surface area contributed by atoms with Gasteiger partial charge in [-0.25, -0.2) is 0 Å². The molecule has 0 bridgehead atoms. The first-order chi connectivity index (χ1) is 14.5. The van der Waals surface area contributed by atoms with Gasteiger partial charge in [-0.15, -0.1) is 0 Å². The quantitative estimate of drug-likeness (QED) is 0.209. The van der Waals surface area contributed by atoms with E-state index in [0.717, 1.165) is 0 Å². The highest BCUT2D eigenvalue weighted by molar-refractivity contribution is 6.73. The summed E-state index contributed by atoms with van der Waals surface area (Å²) in [5, 5.41) is 10.7. The molecule has 0 aliphatic rings. The van der Waals surface area contributed by atoms with E-state index >= 15 is 0 Å². The normalized spacial score (nSPS) is 16.2. The van der Waals surface area contributed by atoms with E-state index in [1.807, 2.05) is 0 Å². The number of rotatable bonds is 12. The van der Waals surface area contributed by atoms with Crippen LogP contribution in [0.4, 0.5) is 74.6 Å². The van der Waals surface area contributed by atoms with Crippen molar-refractivity contribution in [3.63, 3.8) is 0 Å². The predicted octanol–water partition coefficient (Wildman–Crippen LogP) is 6.55. The molecule has 2 nitrogen and oxygen atoms in total. The molecule has 206 valence electrons. The number of halogens is 17. The van der Waals surface area contributed by atoms with Crippen molar-refractivity contribution in [1.29, 1.82) is 0 Å². The highest BCUT2D eigenvalue weighted by Crippen LogP contribution is 2.64. The molecule has 0 saturated carbocycles. The maximum Gasteiger partial charge on any atom is 0.460 e. The molecular formula is C14H17F17N2Si. The van der Waals surface area contributed by atoms with Crippen molar-refractivity contribution >= 4 is 8.40 Å². The van der Waals surface area contributed by atoms with E-state index in [1.54, 1.807) is 0 Å². The van der Waals surface area contributed by atoms with Crippen LogP contribution < -0.4 is 10.8 Å². The summed E-state index contributed by atoms with van der Waals surface area (Å²) in [6.45, 7) is 1.52. The first-order valence-electron chi connectivity index (χ1n) is 8.81. The van der Waals surface area contributed by atoms with E-state index in [0.29, 0.717) is 6.42 Å². The Morgan fingerprint density at radius 2 is 0.824 bits per heavy atom. The van der Waals surface area contributed by atoms with E-state index in [1.165, 1.54) is 6.92 Å². The van der Waals surface area contributed by atoms with Crippen molar-refractivity contribution in [1.82, 2.24) is 0 Å². The van der Waals surface area contributed by atoms with E-state index in [9.17, 15) is 74.6 Å². The fraction of sp³-hybridized carbons (Fsp3) is 1.00. The van der Waals surface area contributed by atoms with Crippen molar-refractivity contribution in [3.8, 4) is 0 Å². The molecule has 34 heavy (non-hydrogen) atoms. The van der Waals surface area contributed by atoms with Gasteiger partial charge in [0.15, 0.2) is 8.40 Å². The van der Waals surface area contributed by atoms with Gasteiger partial charge in [0.05, 0.1) is 0 Å². The Kier molecular flexibility index (Phi) is 8.83. The molecule has 0 unspecified atom stereocenters. The summed E-state index contributed by atoms with van der Waals surface area (Å²) in [6, 6.07) is -1.69. The van der Waals surface area contributed by atoms with Gasteiger partial charge in [0, 0.05) is 6.42 Å². The smallest absolute Gasteiger partial charge is 0.339 e. The van der Waals surface area contributed by atoms with E-state index in [4.69, 9.17) is 10.8 Å². The fourth-order valence-electron chi connectivity index (χ4n) is 2.37. The summed E-state index contributed by atoms with van der Waals surface area (Å²) in [5.41, 5.74) is 0. The van der Waals surface area contributed by atoms with Crippen molar-refractivity contribution < 1.29 is 74.6 Å². The third-order valence-electron chi connectivity index (χ3n) is 4.69. The highest BCUT2D eigenvalue weighted by atomic mass is 28.3. The molecule has 0 aliphatic carbocycles. The van der Waals surface area contributed by atoms with Gasteiger partial charge in [-0.1, -0.05) is 19.8 Å². The molecule has 0 amide bonds. The van der Waals surface area contributed by atoms with Crippen LogP contribution >= 0.6 is 0 Å². The predicted molar refractivity (Wildman–Crippen MR) is 84.0 cm³/mol. The zero-order chi connectivity index (χ0) is 28.0. The van der Waals surface area contributed by atoms with Crippen molar-refractivity contribution in [2.45, 2.75) is 85.9 Å². The molecule has 0 aliphatic heterocycles. The summed E-state index contributed by atoms with van der Waals surface area (Å²) >= 11 is 0. The molecular weight excluding hydrogens is 547 g/mol. The van der Waals surface area contributed by atoms with Gasteiger partial charge in [-0.2, -0.15) is 74.6 Å². The molecule has 0 saturated heterocycles. The Morgan fingerprint density at radius 1 is 0.500 bits per heavy atom. The van der Waals surface area contributed by atoms with Crippen LogP contribution in [0.5, 0.6) is 0 Å². The van der Waals surface area contributed by atoms with Crippen LogP contribution in [0.15, 0.2) is 0 Å². The van der Waals surface area contributed by atoms with E-state index < -0.39 is 68.5 Å². The first-order valence-corrected chi connectivity index (χ1v) is 11.4. The highest BCUT2D eigenvalue weighted by Gasteiger charge is 2.95. The average Bonchev–Trinajstić information content (AvgIpc) is 2.63. The SMILES string of the molecule is CCCC[Si](N)(N)CCC(F)(F)C(F)(F)C(F)(F)C(F)(F)C(F)(F)C(F)(F)C(F)(F)C(F)(F)F. The minimum absolute atomic E-state index is 0.115. The van der Waals surface area contributed by atoms with Crippen molar-refractivity contribution in [2.24, 2.45) is 10.8 Å². The first kappa shape index (κ1) is 32.9. The van der Waals surface area contributed by atoms with Crippen LogP contribution in [0.1, 0.15) is 26.2 Å². The Bertz CT molecular complexity index is 701. The Balaban J connectivity index is 6.40. The minimum Gasteiger partial charge on any atom is -0.339 e. The third kappa shape index (κ3) is 5.08. The van der Waals surface area contributed by atoms with Crippen molar-refractivity contribution in [2.75, 3.05) is 0 Å². The summed E-state index contributed by atoms with van der Waals surface area (Å²) in [7, 11) is -3.87. The topological polar surface area (TPSA) is 52.0 Å². The summed E-state index contributed by atoms with van der Waals surface area (Å²) in [5.74, 6) is -56.2. The van der Waals surface area contributed by atoms with Crippen LogP contribution in [0, 0.1) is 0 Å². The van der Waals surface area contributed by atoms with Gasteiger partial charge in [-0.3, -0.25) is 0 Å². The molecule has 0 spiro atoms. The summed E-state index contributed by atoms with van der Waals surface area (Å²) in [4.78, 5) is 0. The lowest BCUT2D eigenvalue weighted by atomic mass is 9.88. The standard InChI is InChI=1S/C14H17F17N2Si/c1-2-3-5-34(32,33)6-4-7(15,16)8(17,18)9(19,20)10(21,22)11(23,24)12(25,26)13(27,28)14(29,30)31/h2-6,32-33H2,1H3. The maximum atomic E-state index is 13.8. The number of unbranched alkanes of at least 4 members (excludes halogenated alkanes) is 1. The Hall–Kier alpha value is -1.05. The van der Waals surface area contributed by atoms with Gasteiger partial charge in [0.1, 0.15) is 0 Å². The van der Waals surface area contributed by atoms with Crippen LogP contribution in [-0.2, 0) is 0 Å². The average molecular weight is 564 g/mol. The third-order valence-corrected chi connectivity index (χ3v) is 7.15. The molecule has 0 heterocycles. The molecule has 0 atom stereocenters. The second-order valence-corrected chi connectivity index (χ2v) is 11.0.